The minimum absolute atomic E-state index is 0. The van der Waals surface area contributed by atoms with Gasteiger partial charge in [-0.05, 0) is 0 Å². The summed E-state index contributed by atoms with van der Waals surface area (Å²) in [4.78, 5) is 3.78. The Labute approximate surface area is 166 Å². The Bertz CT molecular complexity index is 756. The summed E-state index contributed by atoms with van der Waals surface area (Å²) in [5.74, 6) is 0. The molecule has 0 unspecified atom stereocenters. The average Bonchev–Trinajstić information content (AvgIpc) is 2.99. The fraction of sp³-hybridized carbons (Fsp3) is 0.333. The molecule has 0 aliphatic carbocycles. The minimum Gasteiger partial charge on any atom is -1.00 e. The molecule has 2 aromatic heterocycles. The zero-order valence-corrected chi connectivity index (χ0v) is 17.5. The average molecular weight is 482 g/mol. The predicted molar refractivity (Wildman–Crippen MR) is 89.7 cm³/mol. The van der Waals surface area contributed by atoms with Crippen LogP contribution in [-0.4, -0.2) is 44.8 Å². The van der Waals surface area contributed by atoms with E-state index in [4.69, 9.17) is 40.7 Å². The van der Waals surface area contributed by atoms with Gasteiger partial charge in [0, 0.05) is 30.1 Å². The molecule has 2 aromatic rings. The van der Waals surface area contributed by atoms with Gasteiger partial charge in [0.25, 0.3) is 6.33 Å². The zero-order valence-electron chi connectivity index (χ0n) is 12.8. The fourth-order valence-corrected chi connectivity index (χ4v) is 1.37. The van der Waals surface area contributed by atoms with Crippen molar-refractivity contribution in [1.82, 2.24) is 13.5 Å². The molecule has 25 heavy (non-hydrogen) atoms. The Balaban J connectivity index is -0.000000280. The lowest BCUT2D eigenvalue weighted by Crippen LogP contribution is -3.00. The molecule has 148 valence electrons. The van der Waals surface area contributed by atoms with Crippen LogP contribution in [0.25, 0.3) is 0 Å². The van der Waals surface area contributed by atoms with Crippen LogP contribution in [0.5, 0.6) is 0 Å². The first-order valence-electron chi connectivity index (χ1n) is 5.53. The lowest BCUT2D eigenvalue weighted by molar-refractivity contribution is -0.670. The number of aryl methyl sites for hydroxylation is 2. The number of hydrogen-bond donors (Lipinski definition) is 2. The van der Waals surface area contributed by atoms with E-state index >= 15 is 0 Å². The summed E-state index contributed by atoms with van der Waals surface area (Å²) in [6.07, 6.45) is 9.39. The highest BCUT2D eigenvalue weighted by Crippen LogP contribution is 1.87. The number of nitrogens with zero attached hydrogens (tertiary/aromatic N) is 4. The molecule has 16 heteroatoms. The highest BCUT2D eigenvalue weighted by molar-refractivity contribution is 8.09. The monoisotopic (exact) mass is 480 g/mol. The van der Waals surface area contributed by atoms with Crippen molar-refractivity contribution in [2.75, 3.05) is 5.34 Å². The predicted octanol–water partition coefficient (Wildman–Crippen LogP) is -2.16. The van der Waals surface area contributed by atoms with Gasteiger partial charge in [0.1, 0.15) is 12.4 Å². The molecule has 2 N–H and O–H groups in total. The van der Waals surface area contributed by atoms with Crippen molar-refractivity contribution in [3.05, 3.63) is 37.4 Å². The van der Waals surface area contributed by atoms with Crippen molar-refractivity contribution in [2.45, 2.75) is 0 Å². The van der Waals surface area contributed by atoms with Gasteiger partial charge in [0.2, 0.25) is 0 Å². The highest BCUT2D eigenvalue weighted by atomic mass is 35.7. The SMILES string of the molecule is C[n+]1ccn(S(=O)(=O)O)c1.ClCCl.Cn1ccnc1.O=S(=O)(O)Cl.[Cl-]. The Hall–Kier alpha value is -0.600. The zero-order chi connectivity index (χ0) is 19.4. The number of imidazole rings is 2. The number of rotatable bonds is 1. The first-order chi connectivity index (χ1) is 10.8. The molecule has 0 saturated heterocycles. The van der Waals surface area contributed by atoms with Crippen molar-refractivity contribution < 1.29 is 42.9 Å². The molecule has 0 bridgehead atoms. The first kappa shape index (κ1) is 29.2. The Morgan fingerprint density at radius 3 is 1.72 bits per heavy atom. The topological polar surface area (TPSA) is 135 Å². The molecular formula is C9H16Cl4N4O6S2. The molecule has 0 aromatic carbocycles. The summed E-state index contributed by atoms with van der Waals surface area (Å²) in [5, 5.41) is 0.194. The van der Waals surface area contributed by atoms with Gasteiger partial charge in [0.15, 0.2) is 0 Å². The van der Waals surface area contributed by atoms with Gasteiger partial charge in [-0.25, -0.2) is 9.55 Å². The van der Waals surface area contributed by atoms with Gasteiger partial charge >= 0.3 is 19.6 Å². The summed E-state index contributed by atoms with van der Waals surface area (Å²) >= 11 is 9.53. The van der Waals surface area contributed by atoms with Crippen LogP contribution >= 0.6 is 33.9 Å². The van der Waals surface area contributed by atoms with Crippen molar-refractivity contribution in [3.63, 3.8) is 0 Å². The van der Waals surface area contributed by atoms with Crippen LogP contribution in [0.4, 0.5) is 0 Å². The molecule has 2 heterocycles. The highest BCUT2D eigenvalue weighted by Gasteiger charge is 2.13. The summed E-state index contributed by atoms with van der Waals surface area (Å²) in [5.41, 5.74) is 0. The summed E-state index contributed by atoms with van der Waals surface area (Å²) in [6, 6.07) is 0. The third-order valence-corrected chi connectivity index (χ3v) is 2.40. The van der Waals surface area contributed by atoms with Crippen molar-refractivity contribution in [3.8, 4) is 0 Å². The second kappa shape index (κ2) is 14.6. The Kier molecular flexibility index (Phi) is 17.0. The number of aromatic nitrogens is 4. The standard InChI is InChI=1S/C4H6N2O3S.C4H6N2.CH2Cl2.ClHO3S.ClH/c1-5-2-3-6(4-5)10(7,8)9;1-6-3-2-5-4-6;2-1-3;1-5(2,3)4;/h2-4H,1H3;2-4H,1H3;1H2;(H,2,3,4);1H. The molecule has 0 aliphatic rings. The number of alkyl halides is 2. The maximum atomic E-state index is 10.4. The van der Waals surface area contributed by atoms with Gasteiger partial charge in [0.05, 0.1) is 18.7 Å². The van der Waals surface area contributed by atoms with Crippen LogP contribution in [0, 0.1) is 0 Å². The van der Waals surface area contributed by atoms with E-state index in [0.29, 0.717) is 3.97 Å². The molecule has 10 nitrogen and oxygen atoms in total. The van der Waals surface area contributed by atoms with E-state index in [1.807, 2.05) is 17.8 Å². The van der Waals surface area contributed by atoms with Crippen LogP contribution in [0.2, 0.25) is 0 Å². The van der Waals surface area contributed by atoms with Crippen LogP contribution in [-0.2, 0) is 33.7 Å². The fourth-order valence-electron chi connectivity index (χ4n) is 0.890. The molecule has 0 spiro atoms. The van der Waals surface area contributed by atoms with Gasteiger partial charge in [-0.2, -0.15) is 16.8 Å². The van der Waals surface area contributed by atoms with E-state index < -0.39 is 19.6 Å². The first-order valence-corrected chi connectivity index (χ1v) is 10.3. The Morgan fingerprint density at radius 2 is 1.60 bits per heavy atom. The second-order valence-corrected chi connectivity index (χ2v) is 7.75. The van der Waals surface area contributed by atoms with Crippen LogP contribution in [0.3, 0.4) is 0 Å². The van der Waals surface area contributed by atoms with Gasteiger partial charge in [-0.15, -0.1) is 27.2 Å². The van der Waals surface area contributed by atoms with Crippen LogP contribution < -0.4 is 17.0 Å². The summed E-state index contributed by atoms with van der Waals surface area (Å²) < 4.78 is 58.4. The van der Waals surface area contributed by atoms with Crippen molar-refractivity contribution >= 4 is 53.5 Å². The Morgan fingerprint density at radius 1 is 1.16 bits per heavy atom. The van der Waals surface area contributed by atoms with E-state index in [2.05, 4.69) is 15.7 Å². The second-order valence-electron chi connectivity index (χ2n) is 3.63. The van der Waals surface area contributed by atoms with Crippen LogP contribution in [0.15, 0.2) is 37.4 Å². The van der Waals surface area contributed by atoms with E-state index in [1.165, 1.54) is 23.3 Å². The number of hydrogen-bond acceptors (Lipinski definition) is 5. The van der Waals surface area contributed by atoms with E-state index in [1.54, 1.807) is 19.6 Å². The van der Waals surface area contributed by atoms with Crippen molar-refractivity contribution in [1.29, 1.82) is 0 Å². The van der Waals surface area contributed by atoms with Gasteiger partial charge in [-0.3, -0.25) is 9.11 Å². The van der Waals surface area contributed by atoms with Gasteiger partial charge < -0.3 is 17.0 Å². The van der Waals surface area contributed by atoms with Crippen molar-refractivity contribution in [2.24, 2.45) is 14.1 Å². The third kappa shape index (κ3) is 23.4. The lowest BCUT2D eigenvalue weighted by Gasteiger charge is -1.84. The molecule has 0 saturated carbocycles. The summed E-state index contributed by atoms with van der Waals surface area (Å²) in [7, 11) is -0.631. The molecule has 0 radical (unpaired) electrons. The third-order valence-electron chi connectivity index (χ3n) is 1.65. The lowest BCUT2D eigenvalue weighted by atomic mass is 10.9. The normalized spacial score (nSPS) is 9.88. The minimum atomic E-state index is -4.19. The maximum Gasteiger partial charge on any atom is 0.439 e. The molecule has 0 aliphatic heterocycles. The molecule has 0 amide bonds. The summed E-state index contributed by atoms with van der Waals surface area (Å²) in [6.45, 7) is 0. The smallest absolute Gasteiger partial charge is 0.439 e. The maximum absolute atomic E-state index is 10.4. The molecule has 0 fully saturated rings. The van der Waals surface area contributed by atoms with Crippen LogP contribution in [0.1, 0.15) is 0 Å². The molecular weight excluding hydrogens is 466 g/mol. The van der Waals surface area contributed by atoms with Gasteiger partial charge in [-0.1, -0.05) is 0 Å². The van der Waals surface area contributed by atoms with E-state index in [-0.39, 0.29) is 17.7 Å². The molecule has 0 atom stereocenters. The van der Waals surface area contributed by atoms with E-state index in [0.717, 1.165) is 0 Å². The van der Waals surface area contributed by atoms with E-state index in [9.17, 15) is 8.42 Å². The molecule has 2 rings (SSSR count). The number of halogens is 4. The quantitative estimate of drug-likeness (QED) is 0.205. The largest absolute Gasteiger partial charge is 1.00 e.